The van der Waals surface area contributed by atoms with E-state index in [1.54, 1.807) is 6.08 Å². The maximum atomic E-state index is 13.5. The van der Waals surface area contributed by atoms with Gasteiger partial charge in [0.25, 0.3) is 22.2 Å². The van der Waals surface area contributed by atoms with Crippen molar-refractivity contribution in [2.75, 3.05) is 19.5 Å². The van der Waals surface area contributed by atoms with Crippen LogP contribution in [-0.4, -0.2) is 67.6 Å². The number of carbonyl (C=O) groups is 5. The summed E-state index contributed by atoms with van der Waals surface area (Å²) in [4.78, 5) is 107. The summed E-state index contributed by atoms with van der Waals surface area (Å²) in [6.07, 6.45) is 9.19. The van der Waals surface area contributed by atoms with Gasteiger partial charge in [0.2, 0.25) is 5.91 Å². The predicted octanol–water partition coefficient (Wildman–Crippen LogP) is 14.4. The summed E-state index contributed by atoms with van der Waals surface area (Å²) in [5.74, 6) is -20.4. The van der Waals surface area contributed by atoms with Gasteiger partial charge in [0, 0.05) is 42.2 Å². The Kier molecular flexibility index (Phi) is 28.2. The molecule has 4 aromatic heterocycles. The maximum absolute atomic E-state index is 13.5. The van der Waals surface area contributed by atoms with E-state index < -0.39 is 121 Å². The molecule has 0 bridgehead atoms. The summed E-state index contributed by atoms with van der Waals surface area (Å²) in [7, 11) is 2.29. The zero-order valence-electron chi connectivity index (χ0n) is 50.8. The number of aromatic amines is 1. The summed E-state index contributed by atoms with van der Waals surface area (Å²) in [5, 5.41) is 12.4. The average Bonchev–Trinajstić information content (AvgIpc) is 1.07. The minimum Gasteiger partial charge on any atom is -0.477 e. The highest BCUT2D eigenvalue weighted by Crippen LogP contribution is 2.26. The number of carboxylic acid groups (broad SMARTS) is 1. The van der Waals surface area contributed by atoms with Gasteiger partial charge in [-0.05, 0) is 119 Å². The standard InChI is InChI=1S/C25H18ClF3N2O3.C14H9ClF3NO3.C13H7ClF3NO3.C7H4BrF3.C7H6ClNO3/c26-17-11-18(25(34)31(13-17)12-15-7-19(27)24(29)20(28)8-15)22(32)4-2-1-3-14-5-6-16-10-23(33)30-21(16)9-14;1-22-14(21)9-4-8(15)6-19(13(9)20)5-7-2-10(16)12(18)11(17)3-7;14-7-3-8(13(20)21)12(19)18(5-7)4-6-1-9(15)11(17)10(16)2-6;8-3-4-1-5(9)7(11)6(10)2-4;1-12-7(11)5-2-4(8)3-9-6(5)10/h1,3,5-9,11,13H,2,4,10,12H2,(H,30,33);2-4,6H,5H2,1H3;1-3,5H,4H2,(H,20,21);1-2H,3H2;2-3H,1H3,(H,9,10)/b3-1+;;;;. The van der Waals surface area contributed by atoms with E-state index in [1.165, 1.54) is 37.8 Å². The van der Waals surface area contributed by atoms with Crippen LogP contribution in [0.1, 0.15) is 87.7 Å². The van der Waals surface area contributed by atoms with Gasteiger partial charge in [-0.15, -0.1) is 0 Å². The third-order valence-corrected chi connectivity index (χ3v) is 14.8. The molecule has 0 atom stereocenters. The maximum Gasteiger partial charge on any atom is 0.343 e. The van der Waals surface area contributed by atoms with Crippen molar-refractivity contribution >= 4 is 104 Å². The molecule has 100 heavy (non-hydrogen) atoms. The number of Topliss-reactive ketones (excluding diaryl/α,β-unsaturated/α-hetero) is 1. The van der Waals surface area contributed by atoms with Gasteiger partial charge in [-0.3, -0.25) is 28.8 Å². The molecule has 0 unspecified atom stereocenters. The van der Waals surface area contributed by atoms with Gasteiger partial charge >= 0.3 is 17.9 Å². The van der Waals surface area contributed by atoms with E-state index >= 15 is 0 Å². The summed E-state index contributed by atoms with van der Waals surface area (Å²) in [6, 6.07) is 16.6. The molecular weight excluding hydrogens is 1500 g/mol. The van der Waals surface area contributed by atoms with Crippen LogP contribution in [0.15, 0.2) is 141 Å². The molecule has 34 heteroatoms. The molecule has 3 N–H and O–H groups in total. The molecule has 1 amide bonds. The number of carbonyl (C=O) groups excluding carboxylic acids is 4. The quantitative estimate of drug-likeness (QED) is 0.0286. The minimum atomic E-state index is -1.62. The molecule has 5 heterocycles. The van der Waals surface area contributed by atoms with Crippen LogP contribution in [0.3, 0.4) is 0 Å². The fraction of sp³-hybridized carbons (Fsp3) is 0.136. The number of fused-ring (bicyclic) bond motifs is 1. The van der Waals surface area contributed by atoms with Crippen molar-refractivity contribution in [1.82, 2.24) is 18.7 Å². The molecule has 5 aromatic carbocycles. The van der Waals surface area contributed by atoms with Crippen molar-refractivity contribution in [2.24, 2.45) is 0 Å². The van der Waals surface area contributed by atoms with Crippen molar-refractivity contribution in [3.63, 3.8) is 0 Å². The van der Waals surface area contributed by atoms with Crippen LogP contribution in [0.25, 0.3) is 6.08 Å². The number of halogens is 17. The molecule has 0 radical (unpaired) electrons. The number of nitrogens with one attached hydrogen (secondary N) is 2. The number of amides is 1. The molecule has 1 aliphatic rings. The molecule has 10 rings (SSSR count). The fourth-order valence-corrected chi connectivity index (χ4v) is 9.92. The van der Waals surface area contributed by atoms with E-state index in [0.717, 1.165) is 92.4 Å². The lowest BCUT2D eigenvalue weighted by molar-refractivity contribution is -0.115. The van der Waals surface area contributed by atoms with E-state index in [1.807, 2.05) is 24.3 Å². The fourth-order valence-electron chi connectivity index (χ4n) is 8.76. The van der Waals surface area contributed by atoms with Gasteiger partial charge < -0.3 is 38.6 Å². The van der Waals surface area contributed by atoms with Crippen LogP contribution in [-0.2, 0) is 45.7 Å². The van der Waals surface area contributed by atoms with Crippen molar-refractivity contribution in [3.05, 3.63) is 309 Å². The Morgan fingerprint density at radius 1 is 0.510 bits per heavy atom. The van der Waals surface area contributed by atoms with Gasteiger partial charge in [0.1, 0.15) is 16.7 Å². The van der Waals surface area contributed by atoms with E-state index in [9.17, 15) is 95.8 Å². The first kappa shape index (κ1) is 79.0. The predicted molar refractivity (Wildman–Crippen MR) is 345 cm³/mol. The van der Waals surface area contributed by atoms with Gasteiger partial charge in [-0.1, -0.05) is 86.6 Å². The Hall–Kier alpha value is -10.0. The van der Waals surface area contributed by atoms with E-state index in [0.29, 0.717) is 35.9 Å². The number of esters is 2. The summed E-state index contributed by atoms with van der Waals surface area (Å²) in [6.45, 7) is -0.937. The van der Waals surface area contributed by atoms with E-state index in [4.69, 9.17) is 51.5 Å². The number of carboxylic acids is 1. The second-order valence-electron chi connectivity index (χ2n) is 20.5. The first-order valence-electron chi connectivity index (χ1n) is 27.8. The molecule has 0 aliphatic carbocycles. The number of ether oxygens (including phenoxy) is 2. The summed E-state index contributed by atoms with van der Waals surface area (Å²) < 4.78 is 167. The smallest absolute Gasteiger partial charge is 0.343 e. The number of hydrogen-bond donors (Lipinski definition) is 3. The normalized spacial score (nSPS) is 11.2. The Labute approximate surface area is 583 Å². The number of ketones is 1. The third-order valence-electron chi connectivity index (χ3n) is 13.4. The summed E-state index contributed by atoms with van der Waals surface area (Å²) >= 11 is 26.1. The number of rotatable bonds is 15. The molecule has 0 saturated heterocycles. The lowest BCUT2D eigenvalue weighted by Crippen LogP contribution is -2.27. The number of alkyl halides is 1. The molecule has 0 spiro atoms. The number of anilines is 1. The Morgan fingerprint density at radius 2 is 0.880 bits per heavy atom. The number of nitrogens with zero attached hydrogens (tertiary/aromatic N) is 3. The largest absolute Gasteiger partial charge is 0.477 e. The molecular formula is C66H44BrCl4F12N5O12. The lowest BCUT2D eigenvalue weighted by Gasteiger charge is -2.10. The minimum absolute atomic E-state index is 0.00316. The summed E-state index contributed by atoms with van der Waals surface area (Å²) in [5.41, 5.74) is -1.07. The number of hydrogen-bond acceptors (Lipinski definition) is 11. The molecule has 0 saturated carbocycles. The number of aromatic nitrogens is 4. The number of aromatic carboxylic acids is 1. The molecule has 1 aliphatic heterocycles. The van der Waals surface area contributed by atoms with E-state index in [-0.39, 0.29) is 85.4 Å². The van der Waals surface area contributed by atoms with Gasteiger partial charge in [-0.25, -0.2) is 67.1 Å². The number of pyridine rings is 4. The van der Waals surface area contributed by atoms with Gasteiger partial charge in [-0.2, -0.15) is 0 Å². The van der Waals surface area contributed by atoms with Crippen molar-refractivity contribution < 1.29 is 91.2 Å². The third kappa shape index (κ3) is 21.3. The SMILES string of the molecule is COC(=O)c1cc(Cl)c[nH]c1=O.COC(=O)c1cc(Cl)cn(Cc2cc(F)c(F)c(F)c2)c1=O.Fc1cc(CBr)cc(F)c1F.O=C(O)c1cc(Cl)cn(Cc2cc(F)c(F)c(F)c2)c1=O.O=C1Cc2ccc(/C=C/CCC(=O)c3cc(Cl)cn(Cc4cc(F)c(F)c(F)c4)c3=O)cc2N1. The van der Waals surface area contributed by atoms with Crippen LogP contribution in [0, 0.1) is 69.8 Å². The highest BCUT2D eigenvalue weighted by molar-refractivity contribution is 9.08. The monoisotopic (exact) mass is 1550 g/mol. The van der Waals surface area contributed by atoms with Gasteiger partial charge in [0.15, 0.2) is 75.6 Å². The zero-order chi connectivity index (χ0) is 74.1. The highest BCUT2D eigenvalue weighted by Gasteiger charge is 2.22. The van der Waals surface area contributed by atoms with Gasteiger partial charge in [0.05, 0.1) is 65.9 Å². The Bertz CT molecular complexity index is 4870. The van der Waals surface area contributed by atoms with Crippen LogP contribution >= 0.6 is 62.3 Å². The van der Waals surface area contributed by atoms with Crippen LogP contribution in [0.4, 0.5) is 58.4 Å². The van der Waals surface area contributed by atoms with Crippen LogP contribution in [0.5, 0.6) is 0 Å². The number of benzene rings is 5. The van der Waals surface area contributed by atoms with Crippen molar-refractivity contribution in [3.8, 4) is 0 Å². The van der Waals surface area contributed by atoms with Crippen molar-refractivity contribution in [1.29, 1.82) is 0 Å². The lowest BCUT2D eigenvalue weighted by atomic mass is 10.1. The van der Waals surface area contributed by atoms with Crippen LogP contribution in [0.2, 0.25) is 20.1 Å². The Morgan fingerprint density at radius 3 is 1.29 bits per heavy atom. The van der Waals surface area contributed by atoms with Crippen molar-refractivity contribution in [2.45, 2.75) is 44.2 Å². The zero-order valence-corrected chi connectivity index (χ0v) is 55.4. The number of H-pyrrole nitrogens is 1. The first-order valence-corrected chi connectivity index (χ1v) is 30.5. The second kappa shape index (κ2) is 35.7. The van der Waals surface area contributed by atoms with E-state index in [2.05, 4.69) is 35.7 Å². The molecule has 9 aromatic rings. The number of allylic oxidation sites excluding steroid dienone is 1. The topological polar surface area (TPSA) is 235 Å². The molecule has 524 valence electrons. The number of methoxy groups -OCH3 is 2. The van der Waals surface area contributed by atoms with Crippen LogP contribution < -0.4 is 27.6 Å². The second-order valence-corrected chi connectivity index (χ2v) is 22.8. The molecule has 0 fully saturated rings. The highest BCUT2D eigenvalue weighted by atomic mass is 79.9. The molecule has 17 nitrogen and oxygen atoms in total. The average molecular weight is 1550 g/mol. The Balaban J connectivity index is 0.000000209. The first-order chi connectivity index (χ1) is 47.1.